The van der Waals surface area contributed by atoms with Crippen molar-refractivity contribution in [3.8, 4) is 0 Å². The highest BCUT2D eigenvalue weighted by atomic mass is 19.1. The quantitative estimate of drug-likeness (QED) is 0.675. The van der Waals surface area contributed by atoms with Crippen LogP contribution in [0, 0.1) is 22.9 Å². The van der Waals surface area contributed by atoms with Crippen molar-refractivity contribution in [2.45, 2.75) is 19.8 Å². The number of nitrogens with one attached hydrogen (secondary N) is 1. The van der Waals surface area contributed by atoms with Gasteiger partial charge in [0.2, 0.25) is 0 Å². The fraction of sp³-hybridized carbons (Fsp3) is 0.278. The summed E-state index contributed by atoms with van der Waals surface area (Å²) in [5.74, 6) is -0.938. The van der Waals surface area contributed by atoms with Crippen LogP contribution in [0.2, 0.25) is 0 Å². The van der Waals surface area contributed by atoms with Gasteiger partial charge in [-0.25, -0.2) is 4.39 Å². The minimum Gasteiger partial charge on any atom is -0.366 e. The normalized spacial score (nSPS) is 13.8. The molecule has 0 unspecified atom stereocenters. The number of nitrogens with zero attached hydrogens (tertiary/aromatic N) is 2. The number of carbonyl (C=O) groups is 1. The molecule has 0 saturated carbocycles. The Morgan fingerprint density at radius 2 is 1.92 bits per heavy atom. The van der Waals surface area contributed by atoms with Crippen LogP contribution in [-0.2, 0) is 0 Å². The van der Waals surface area contributed by atoms with Crippen molar-refractivity contribution < 1.29 is 14.1 Å². The van der Waals surface area contributed by atoms with E-state index in [4.69, 9.17) is 0 Å². The van der Waals surface area contributed by atoms with Crippen molar-refractivity contribution >= 4 is 23.0 Å². The number of nitro groups is 1. The van der Waals surface area contributed by atoms with Crippen LogP contribution in [0.15, 0.2) is 36.4 Å². The summed E-state index contributed by atoms with van der Waals surface area (Å²) >= 11 is 0. The Hall–Kier alpha value is -2.96. The topological polar surface area (TPSA) is 75.5 Å². The van der Waals surface area contributed by atoms with Crippen LogP contribution in [-0.4, -0.2) is 23.9 Å². The van der Waals surface area contributed by atoms with E-state index in [0.717, 1.165) is 25.9 Å². The van der Waals surface area contributed by atoms with Gasteiger partial charge in [-0.2, -0.15) is 0 Å². The molecule has 25 heavy (non-hydrogen) atoms. The maximum atomic E-state index is 13.6. The number of amides is 1. The molecule has 1 N–H and O–H groups in total. The molecule has 2 aromatic rings. The van der Waals surface area contributed by atoms with E-state index in [1.165, 1.54) is 12.1 Å². The molecule has 1 fully saturated rings. The molecule has 1 aliphatic rings. The number of carbonyl (C=O) groups excluding carboxylic acids is 1. The Morgan fingerprint density at radius 3 is 2.56 bits per heavy atom. The van der Waals surface area contributed by atoms with Gasteiger partial charge in [-0.15, -0.1) is 0 Å². The zero-order chi connectivity index (χ0) is 18.0. The summed E-state index contributed by atoms with van der Waals surface area (Å²) in [6.07, 6.45) is 2.00. The first-order valence-corrected chi connectivity index (χ1v) is 8.06. The van der Waals surface area contributed by atoms with E-state index in [1.807, 2.05) is 4.90 Å². The standard InChI is InChI=1S/C18H18FN3O3/c1-12-4-6-14(11-15(12)19)20-18(23)13-5-7-16(17(10-13)22(24)25)21-8-2-3-9-21/h4-7,10-11H,2-3,8-9H2,1H3,(H,20,23). The average Bonchev–Trinajstić information content (AvgIpc) is 3.12. The number of benzene rings is 2. The van der Waals surface area contributed by atoms with Crippen LogP contribution in [0.1, 0.15) is 28.8 Å². The lowest BCUT2D eigenvalue weighted by Crippen LogP contribution is -2.19. The summed E-state index contributed by atoms with van der Waals surface area (Å²) in [5.41, 5.74) is 1.38. The van der Waals surface area contributed by atoms with Gasteiger partial charge in [0.25, 0.3) is 11.6 Å². The Morgan fingerprint density at radius 1 is 1.20 bits per heavy atom. The van der Waals surface area contributed by atoms with Gasteiger partial charge < -0.3 is 10.2 Å². The summed E-state index contributed by atoms with van der Waals surface area (Å²) in [6, 6.07) is 8.80. The SMILES string of the molecule is Cc1ccc(NC(=O)c2ccc(N3CCCC3)c([N+](=O)[O-])c2)cc1F. The molecular weight excluding hydrogens is 325 g/mol. The van der Waals surface area contributed by atoms with Crippen molar-refractivity contribution in [1.82, 2.24) is 0 Å². The van der Waals surface area contributed by atoms with E-state index in [2.05, 4.69) is 5.32 Å². The van der Waals surface area contributed by atoms with Crippen LogP contribution in [0.25, 0.3) is 0 Å². The molecule has 0 spiro atoms. The minimum absolute atomic E-state index is 0.0929. The third kappa shape index (κ3) is 3.60. The van der Waals surface area contributed by atoms with Gasteiger partial charge in [-0.1, -0.05) is 6.07 Å². The highest BCUT2D eigenvalue weighted by Gasteiger charge is 2.23. The number of aryl methyl sites for hydroxylation is 1. The van der Waals surface area contributed by atoms with Crippen molar-refractivity contribution in [3.05, 3.63) is 63.5 Å². The summed E-state index contributed by atoms with van der Waals surface area (Å²) < 4.78 is 13.6. The van der Waals surface area contributed by atoms with E-state index < -0.39 is 16.6 Å². The van der Waals surface area contributed by atoms with Gasteiger partial charge in [0.1, 0.15) is 11.5 Å². The Labute approximate surface area is 144 Å². The predicted molar refractivity (Wildman–Crippen MR) is 93.6 cm³/mol. The number of halogens is 1. The molecule has 1 heterocycles. The van der Waals surface area contributed by atoms with E-state index in [9.17, 15) is 19.3 Å². The van der Waals surface area contributed by atoms with Crippen molar-refractivity contribution in [3.63, 3.8) is 0 Å². The molecule has 1 saturated heterocycles. The summed E-state index contributed by atoms with van der Waals surface area (Å²) in [5, 5.41) is 14.0. The van der Waals surface area contributed by atoms with Gasteiger partial charge in [-0.3, -0.25) is 14.9 Å². The van der Waals surface area contributed by atoms with Crippen LogP contribution in [0.3, 0.4) is 0 Å². The second-order valence-corrected chi connectivity index (χ2v) is 6.07. The third-order valence-corrected chi connectivity index (χ3v) is 4.31. The second kappa shape index (κ2) is 6.88. The van der Waals surface area contributed by atoms with Gasteiger partial charge in [0.15, 0.2) is 0 Å². The Kier molecular flexibility index (Phi) is 4.65. The maximum Gasteiger partial charge on any atom is 0.293 e. The second-order valence-electron chi connectivity index (χ2n) is 6.07. The molecule has 1 aliphatic heterocycles. The minimum atomic E-state index is -0.515. The molecule has 0 atom stereocenters. The van der Waals surface area contributed by atoms with E-state index in [-0.39, 0.29) is 11.3 Å². The number of nitro benzene ring substituents is 1. The molecule has 7 heteroatoms. The monoisotopic (exact) mass is 343 g/mol. The highest BCUT2D eigenvalue weighted by Crippen LogP contribution is 2.31. The average molecular weight is 343 g/mol. The zero-order valence-corrected chi connectivity index (χ0v) is 13.8. The largest absolute Gasteiger partial charge is 0.366 e. The molecule has 1 amide bonds. The summed E-state index contributed by atoms with van der Waals surface area (Å²) in [7, 11) is 0. The molecule has 0 aliphatic carbocycles. The number of hydrogen-bond donors (Lipinski definition) is 1. The lowest BCUT2D eigenvalue weighted by molar-refractivity contribution is -0.384. The summed E-state index contributed by atoms with van der Waals surface area (Å²) in [6.45, 7) is 3.17. The number of anilines is 2. The van der Waals surface area contributed by atoms with E-state index in [0.29, 0.717) is 16.9 Å². The van der Waals surface area contributed by atoms with Crippen LogP contribution < -0.4 is 10.2 Å². The first kappa shape index (κ1) is 16.9. The Bertz CT molecular complexity index is 832. The third-order valence-electron chi connectivity index (χ3n) is 4.31. The lowest BCUT2D eigenvalue weighted by Gasteiger charge is -2.17. The van der Waals surface area contributed by atoms with Gasteiger partial charge in [0.05, 0.1) is 4.92 Å². The molecule has 0 radical (unpaired) electrons. The maximum absolute atomic E-state index is 13.6. The Balaban J connectivity index is 1.86. The van der Waals surface area contributed by atoms with Crippen molar-refractivity contribution in [2.75, 3.05) is 23.3 Å². The van der Waals surface area contributed by atoms with Crippen LogP contribution in [0.5, 0.6) is 0 Å². The van der Waals surface area contributed by atoms with E-state index >= 15 is 0 Å². The highest BCUT2D eigenvalue weighted by molar-refractivity contribution is 6.05. The molecule has 6 nitrogen and oxygen atoms in total. The predicted octanol–water partition coefficient (Wildman–Crippen LogP) is 3.89. The van der Waals surface area contributed by atoms with Gasteiger partial charge >= 0.3 is 0 Å². The smallest absolute Gasteiger partial charge is 0.293 e. The number of rotatable bonds is 4. The first-order valence-electron chi connectivity index (χ1n) is 8.06. The summed E-state index contributed by atoms with van der Waals surface area (Å²) in [4.78, 5) is 25.2. The van der Waals surface area contributed by atoms with Gasteiger partial charge in [0, 0.05) is 30.4 Å². The fourth-order valence-electron chi connectivity index (χ4n) is 2.91. The van der Waals surface area contributed by atoms with Crippen molar-refractivity contribution in [2.24, 2.45) is 0 Å². The molecule has 0 bridgehead atoms. The molecule has 2 aromatic carbocycles. The fourth-order valence-corrected chi connectivity index (χ4v) is 2.91. The van der Waals surface area contributed by atoms with Gasteiger partial charge in [-0.05, 0) is 49.6 Å². The number of hydrogen-bond acceptors (Lipinski definition) is 4. The zero-order valence-electron chi connectivity index (χ0n) is 13.8. The molecule has 0 aromatic heterocycles. The van der Waals surface area contributed by atoms with E-state index in [1.54, 1.807) is 31.2 Å². The van der Waals surface area contributed by atoms with Crippen LogP contribution >= 0.6 is 0 Å². The molecule has 3 rings (SSSR count). The lowest BCUT2D eigenvalue weighted by atomic mass is 10.1. The van der Waals surface area contributed by atoms with Crippen molar-refractivity contribution in [1.29, 1.82) is 0 Å². The molecule has 130 valence electrons. The van der Waals surface area contributed by atoms with Crippen LogP contribution in [0.4, 0.5) is 21.5 Å². The molecular formula is C18H18FN3O3. The first-order chi connectivity index (χ1) is 12.0.